The van der Waals surface area contributed by atoms with Crippen molar-refractivity contribution in [1.82, 2.24) is 20.1 Å². The molecule has 0 aromatic carbocycles. The number of carbonyl (C=O) groups is 1. The normalized spacial score (nSPS) is 10.6. The molecule has 0 atom stereocenters. The fraction of sp³-hybridized carbons (Fsp3) is 0.727. The average Bonchev–Trinajstić information content (AvgIpc) is 2.72. The van der Waals surface area contributed by atoms with Crippen molar-refractivity contribution in [1.29, 1.82) is 0 Å². The van der Waals surface area contributed by atoms with Crippen molar-refractivity contribution in [3.63, 3.8) is 0 Å². The first-order chi connectivity index (χ1) is 8.69. The summed E-state index contributed by atoms with van der Waals surface area (Å²) in [7, 11) is 0. The first-order valence-corrected chi connectivity index (χ1v) is 7.04. The number of amides is 1. The molecular weight excluding hydrogens is 252 g/mol. The van der Waals surface area contributed by atoms with Crippen molar-refractivity contribution < 1.29 is 9.53 Å². The SMILES string of the molecule is CCOCCNC(=O)CSc1nnc(C)n1CC. The molecule has 1 heterocycles. The number of aromatic nitrogens is 3. The number of rotatable bonds is 8. The second kappa shape index (κ2) is 8.10. The number of ether oxygens (including phenoxy) is 1. The van der Waals surface area contributed by atoms with Gasteiger partial charge in [0.15, 0.2) is 5.16 Å². The maximum atomic E-state index is 11.5. The second-order valence-corrected chi connectivity index (χ2v) is 4.55. The Bertz CT molecular complexity index is 381. The lowest BCUT2D eigenvalue weighted by molar-refractivity contribution is -0.118. The summed E-state index contributed by atoms with van der Waals surface area (Å²) in [4.78, 5) is 11.5. The van der Waals surface area contributed by atoms with Crippen LogP contribution in [0.2, 0.25) is 0 Å². The van der Waals surface area contributed by atoms with Crippen molar-refractivity contribution in [2.45, 2.75) is 32.5 Å². The number of thioether (sulfide) groups is 1. The molecule has 1 amide bonds. The molecule has 1 N–H and O–H groups in total. The predicted molar refractivity (Wildman–Crippen MR) is 70.7 cm³/mol. The van der Waals surface area contributed by atoms with E-state index < -0.39 is 0 Å². The third kappa shape index (κ3) is 4.66. The summed E-state index contributed by atoms with van der Waals surface area (Å²) < 4.78 is 7.12. The molecule has 0 saturated carbocycles. The van der Waals surface area contributed by atoms with Gasteiger partial charge in [-0.15, -0.1) is 10.2 Å². The van der Waals surface area contributed by atoms with E-state index in [1.165, 1.54) is 11.8 Å². The van der Waals surface area contributed by atoms with Crippen LogP contribution in [-0.4, -0.2) is 46.2 Å². The first kappa shape index (κ1) is 15.0. The molecular formula is C11H20N4O2S. The molecule has 1 aromatic rings. The zero-order valence-corrected chi connectivity index (χ0v) is 11.9. The van der Waals surface area contributed by atoms with Crippen LogP contribution >= 0.6 is 11.8 Å². The molecule has 6 nitrogen and oxygen atoms in total. The van der Waals surface area contributed by atoms with E-state index in [9.17, 15) is 4.79 Å². The quantitative estimate of drug-likeness (QED) is 0.561. The van der Waals surface area contributed by atoms with E-state index in [1.807, 2.05) is 25.3 Å². The minimum atomic E-state index is -0.0111. The number of aryl methyl sites for hydroxylation is 1. The van der Waals surface area contributed by atoms with E-state index >= 15 is 0 Å². The Balaban J connectivity index is 2.29. The molecule has 0 radical (unpaired) electrons. The van der Waals surface area contributed by atoms with Gasteiger partial charge in [0.25, 0.3) is 0 Å². The van der Waals surface area contributed by atoms with Gasteiger partial charge < -0.3 is 14.6 Å². The smallest absolute Gasteiger partial charge is 0.230 e. The standard InChI is InChI=1S/C11H20N4O2S/c1-4-15-9(3)13-14-11(15)18-8-10(16)12-6-7-17-5-2/h4-8H2,1-3H3,(H,12,16). The fourth-order valence-corrected chi connectivity index (χ4v) is 2.30. The summed E-state index contributed by atoms with van der Waals surface area (Å²) in [6, 6.07) is 0. The van der Waals surface area contributed by atoms with Gasteiger partial charge in [0.1, 0.15) is 5.82 Å². The van der Waals surface area contributed by atoms with E-state index in [2.05, 4.69) is 15.5 Å². The van der Waals surface area contributed by atoms with Gasteiger partial charge in [-0.1, -0.05) is 11.8 Å². The van der Waals surface area contributed by atoms with E-state index in [4.69, 9.17) is 4.74 Å². The van der Waals surface area contributed by atoms with Crippen molar-refractivity contribution >= 4 is 17.7 Å². The van der Waals surface area contributed by atoms with E-state index in [-0.39, 0.29) is 5.91 Å². The van der Waals surface area contributed by atoms with Gasteiger partial charge >= 0.3 is 0 Å². The summed E-state index contributed by atoms with van der Waals surface area (Å²) in [5.41, 5.74) is 0. The Labute approximate surface area is 111 Å². The first-order valence-electron chi connectivity index (χ1n) is 6.06. The molecule has 7 heteroatoms. The Morgan fingerprint density at radius 3 is 2.89 bits per heavy atom. The lowest BCUT2D eigenvalue weighted by atomic mass is 10.6. The molecule has 0 aliphatic heterocycles. The molecule has 0 aliphatic rings. The third-order valence-corrected chi connectivity index (χ3v) is 3.29. The topological polar surface area (TPSA) is 69.0 Å². The molecule has 0 fully saturated rings. The minimum absolute atomic E-state index is 0.0111. The summed E-state index contributed by atoms with van der Waals surface area (Å²) in [5.74, 6) is 1.21. The van der Waals surface area contributed by atoms with Crippen LogP contribution in [0.1, 0.15) is 19.7 Å². The highest BCUT2D eigenvalue weighted by Gasteiger charge is 2.09. The van der Waals surface area contributed by atoms with E-state index in [0.29, 0.717) is 25.5 Å². The Morgan fingerprint density at radius 1 is 1.44 bits per heavy atom. The molecule has 0 bridgehead atoms. The van der Waals surface area contributed by atoms with Crippen molar-refractivity contribution in [3.05, 3.63) is 5.82 Å². The van der Waals surface area contributed by atoms with Gasteiger partial charge in [-0.25, -0.2) is 0 Å². The molecule has 1 rings (SSSR count). The molecule has 0 saturated heterocycles. The van der Waals surface area contributed by atoms with Gasteiger partial charge in [0.2, 0.25) is 5.91 Å². The van der Waals surface area contributed by atoms with Crippen LogP contribution in [0, 0.1) is 6.92 Å². The van der Waals surface area contributed by atoms with Crippen molar-refractivity contribution in [2.24, 2.45) is 0 Å². The van der Waals surface area contributed by atoms with Gasteiger partial charge in [-0.2, -0.15) is 0 Å². The summed E-state index contributed by atoms with van der Waals surface area (Å²) in [6.07, 6.45) is 0. The van der Waals surface area contributed by atoms with E-state index in [1.54, 1.807) is 0 Å². The predicted octanol–water partition coefficient (Wildman–Crippen LogP) is 0.851. The van der Waals surface area contributed by atoms with Crippen LogP contribution in [0.3, 0.4) is 0 Å². The van der Waals surface area contributed by atoms with Crippen LogP contribution in [-0.2, 0) is 16.1 Å². The molecule has 1 aromatic heterocycles. The molecule has 0 spiro atoms. The lowest BCUT2D eigenvalue weighted by Crippen LogP contribution is -2.28. The molecule has 0 unspecified atom stereocenters. The molecule has 102 valence electrons. The van der Waals surface area contributed by atoms with Crippen LogP contribution in [0.25, 0.3) is 0 Å². The molecule has 0 aliphatic carbocycles. The van der Waals surface area contributed by atoms with Gasteiger partial charge in [0.05, 0.1) is 12.4 Å². The van der Waals surface area contributed by atoms with Gasteiger partial charge in [-0.05, 0) is 20.8 Å². The largest absolute Gasteiger partial charge is 0.380 e. The zero-order chi connectivity index (χ0) is 13.4. The summed E-state index contributed by atoms with van der Waals surface area (Å²) in [6.45, 7) is 8.45. The van der Waals surface area contributed by atoms with Crippen LogP contribution < -0.4 is 5.32 Å². The molecule has 18 heavy (non-hydrogen) atoms. The number of carbonyl (C=O) groups excluding carboxylic acids is 1. The number of nitrogens with zero attached hydrogens (tertiary/aromatic N) is 3. The fourth-order valence-electron chi connectivity index (χ4n) is 1.42. The monoisotopic (exact) mass is 272 g/mol. The minimum Gasteiger partial charge on any atom is -0.380 e. The Kier molecular flexibility index (Phi) is 6.74. The van der Waals surface area contributed by atoms with Crippen LogP contribution in [0.15, 0.2) is 5.16 Å². The average molecular weight is 272 g/mol. The number of nitrogens with one attached hydrogen (secondary N) is 1. The Hall–Kier alpha value is -1.08. The van der Waals surface area contributed by atoms with Crippen LogP contribution in [0.4, 0.5) is 0 Å². The van der Waals surface area contributed by atoms with Crippen LogP contribution in [0.5, 0.6) is 0 Å². The highest BCUT2D eigenvalue weighted by atomic mass is 32.2. The highest BCUT2D eigenvalue weighted by Crippen LogP contribution is 2.15. The third-order valence-electron chi connectivity index (χ3n) is 2.32. The van der Waals surface area contributed by atoms with Crippen molar-refractivity contribution in [2.75, 3.05) is 25.5 Å². The second-order valence-electron chi connectivity index (χ2n) is 3.61. The highest BCUT2D eigenvalue weighted by molar-refractivity contribution is 7.99. The summed E-state index contributed by atoms with van der Waals surface area (Å²) in [5, 5.41) is 11.6. The zero-order valence-electron chi connectivity index (χ0n) is 11.1. The summed E-state index contributed by atoms with van der Waals surface area (Å²) >= 11 is 1.40. The maximum Gasteiger partial charge on any atom is 0.230 e. The Morgan fingerprint density at radius 2 is 2.22 bits per heavy atom. The number of hydrogen-bond acceptors (Lipinski definition) is 5. The van der Waals surface area contributed by atoms with Crippen molar-refractivity contribution in [3.8, 4) is 0 Å². The number of hydrogen-bond donors (Lipinski definition) is 1. The van der Waals surface area contributed by atoms with Gasteiger partial charge in [-0.3, -0.25) is 4.79 Å². The lowest BCUT2D eigenvalue weighted by Gasteiger charge is -2.06. The van der Waals surface area contributed by atoms with E-state index in [0.717, 1.165) is 17.5 Å². The van der Waals surface area contributed by atoms with Gasteiger partial charge in [0, 0.05) is 19.7 Å². The maximum absolute atomic E-state index is 11.5.